The summed E-state index contributed by atoms with van der Waals surface area (Å²) in [6.45, 7) is 8.65. The largest absolute Gasteiger partial charge is 0.469 e. The Hall–Kier alpha value is -0.570. The van der Waals surface area contributed by atoms with E-state index in [0.29, 0.717) is 0 Å². The summed E-state index contributed by atoms with van der Waals surface area (Å²) in [4.78, 5) is 13.7. The molecule has 0 saturated carbocycles. The van der Waals surface area contributed by atoms with Gasteiger partial charge in [-0.1, -0.05) is 0 Å². The molecule has 0 amide bonds. The Labute approximate surface area is 86.4 Å². The summed E-state index contributed by atoms with van der Waals surface area (Å²) < 4.78 is 4.75. The zero-order valence-corrected chi connectivity index (χ0v) is 9.67. The normalized spacial score (nSPS) is 20.9. The molecular weight excluding hydrogens is 178 g/mol. The van der Waals surface area contributed by atoms with Crippen LogP contribution < -0.4 is 0 Å². The van der Waals surface area contributed by atoms with Gasteiger partial charge in [-0.15, -0.1) is 0 Å². The van der Waals surface area contributed by atoms with Crippen molar-refractivity contribution in [3.8, 4) is 0 Å². The van der Waals surface area contributed by atoms with Crippen LogP contribution in [0.4, 0.5) is 0 Å². The number of carbonyl (C=O) groups is 1. The highest BCUT2D eigenvalue weighted by atomic mass is 16.5. The Morgan fingerprint density at radius 1 is 1.29 bits per heavy atom. The number of hydrogen-bond donors (Lipinski definition) is 0. The number of methoxy groups -OCH3 is 1. The van der Waals surface area contributed by atoms with Crippen LogP contribution in [0, 0.1) is 5.92 Å². The smallest absolute Gasteiger partial charge is 0.308 e. The van der Waals surface area contributed by atoms with Crippen molar-refractivity contribution in [2.45, 2.75) is 39.2 Å². The highest BCUT2D eigenvalue weighted by molar-refractivity contribution is 5.72. The first-order chi connectivity index (χ1) is 6.45. The number of esters is 1. The van der Waals surface area contributed by atoms with Crippen LogP contribution in [0.15, 0.2) is 0 Å². The zero-order chi connectivity index (χ0) is 10.8. The molecule has 0 bridgehead atoms. The third-order valence-corrected chi connectivity index (χ3v) is 2.98. The zero-order valence-electron chi connectivity index (χ0n) is 9.67. The highest BCUT2D eigenvalue weighted by Gasteiger charge is 2.30. The molecule has 0 aromatic heterocycles. The summed E-state index contributed by atoms with van der Waals surface area (Å²) in [5.74, 6) is 0.0807. The highest BCUT2D eigenvalue weighted by Crippen LogP contribution is 2.24. The molecule has 0 spiro atoms. The van der Waals surface area contributed by atoms with Crippen LogP contribution >= 0.6 is 0 Å². The van der Waals surface area contributed by atoms with Crippen molar-refractivity contribution < 1.29 is 9.53 Å². The van der Waals surface area contributed by atoms with E-state index in [9.17, 15) is 4.79 Å². The van der Waals surface area contributed by atoms with Gasteiger partial charge in [-0.2, -0.15) is 0 Å². The van der Waals surface area contributed by atoms with Crippen molar-refractivity contribution in [1.29, 1.82) is 0 Å². The van der Waals surface area contributed by atoms with Crippen molar-refractivity contribution in [3.63, 3.8) is 0 Å². The van der Waals surface area contributed by atoms with Crippen molar-refractivity contribution >= 4 is 5.97 Å². The van der Waals surface area contributed by atoms with E-state index in [0.717, 1.165) is 25.9 Å². The van der Waals surface area contributed by atoms with Gasteiger partial charge < -0.3 is 4.74 Å². The fraction of sp³-hybridized carbons (Fsp3) is 0.909. The van der Waals surface area contributed by atoms with E-state index in [2.05, 4.69) is 25.7 Å². The summed E-state index contributed by atoms with van der Waals surface area (Å²) in [6.07, 6.45) is 1.87. The summed E-state index contributed by atoms with van der Waals surface area (Å²) in [5, 5.41) is 0. The van der Waals surface area contributed by atoms with Gasteiger partial charge in [0, 0.05) is 5.54 Å². The van der Waals surface area contributed by atoms with Gasteiger partial charge in [0.1, 0.15) is 0 Å². The minimum atomic E-state index is -0.0430. The SMILES string of the molecule is COC(=O)C1CCN(C(C)(C)C)CC1. The van der Waals surface area contributed by atoms with Crippen LogP contribution in [0.5, 0.6) is 0 Å². The summed E-state index contributed by atoms with van der Waals surface area (Å²) in [6, 6.07) is 0. The molecule has 0 aliphatic carbocycles. The van der Waals surface area contributed by atoms with Crippen molar-refractivity contribution in [1.82, 2.24) is 4.90 Å². The van der Waals surface area contributed by atoms with E-state index in [-0.39, 0.29) is 17.4 Å². The molecular formula is C11H21NO2. The molecule has 1 heterocycles. The van der Waals surface area contributed by atoms with Gasteiger partial charge in [0.25, 0.3) is 0 Å². The van der Waals surface area contributed by atoms with Crippen LogP contribution in [0.1, 0.15) is 33.6 Å². The lowest BCUT2D eigenvalue weighted by molar-refractivity contribution is -0.147. The summed E-state index contributed by atoms with van der Waals surface area (Å²) in [5.41, 5.74) is 0.223. The predicted molar refractivity (Wildman–Crippen MR) is 56.1 cm³/mol. The predicted octanol–water partition coefficient (Wildman–Crippen LogP) is 1.67. The number of carbonyl (C=O) groups excluding carboxylic acids is 1. The van der Waals surface area contributed by atoms with E-state index < -0.39 is 0 Å². The maximum absolute atomic E-state index is 11.3. The molecule has 1 aliphatic heterocycles. The first kappa shape index (κ1) is 11.5. The Bertz CT molecular complexity index is 200. The Morgan fingerprint density at radius 3 is 2.14 bits per heavy atom. The van der Waals surface area contributed by atoms with E-state index in [4.69, 9.17) is 4.74 Å². The number of rotatable bonds is 1. The summed E-state index contributed by atoms with van der Waals surface area (Å²) in [7, 11) is 1.47. The molecule has 1 saturated heterocycles. The monoisotopic (exact) mass is 199 g/mol. The van der Waals surface area contributed by atoms with E-state index in [1.165, 1.54) is 7.11 Å². The standard InChI is InChI=1S/C11H21NO2/c1-11(2,3)12-7-5-9(6-8-12)10(13)14-4/h9H,5-8H2,1-4H3. The number of hydrogen-bond acceptors (Lipinski definition) is 3. The molecule has 1 aliphatic rings. The molecule has 14 heavy (non-hydrogen) atoms. The number of likely N-dealkylation sites (tertiary alicyclic amines) is 1. The lowest BCUT2D eigenvalue weighted by atomic mass is 9.93. The van der Waals surface area contributed by atoms with Crippen LogP contribution in [0.2, 0.25) is 0 Å². The lowest BCUT2D eigenvalue weighted by Gasteiger charge is -2.40. The second-order valence-electron chi connectivity index (χ2n) is 4.96. The van der Waals surface area contributed by atoms with E-state index in [1.807, 2.05) is 0 Å². The topological polar surface area (TPSA) is 29.5 Å². The molecule has 0 aromatic rings. The first-order valence-corrected chi connectivity index (χ1v) is 5.28. The molecule has 0 N–H and O–H groups in total. The van der Waals surface area contributed by atoms with Crippen molar-refractivity contribution in [2.24, 2.45) is 5.92 Å². The van der Waals surface area contributed by atoms with Gasteiger partial charge in [-0.05, 0) is 46.7 Å². The molecule has 0 radical (unpaired) electrons. The lowest BCUT2D eigenvalue weighted by Crippen LogP contribution is -2.47. The van der Waals surface area contributed by atoms with Crippen LogP contribution in [-0.2, 0) is 9.53 Å². The fourth-order valence-electron chi connectivity index (χ4n) is 1.95. The van der Waals surface area contributed by atoms with Gasteiger partial charge in [-0.3, -0.25) is 9.69 Å². The quantitative estimate of drug-likeness (QED) is 0.602. The molecule has 82 valence electrons. The van der Waals surface area contributed by atoms with Gasteiger partial charge in [0.2, 0.25) is 0 Å². The second-order valence-corrected chi connectivity index (χ2v) is 4.96. The van der Waals surface area contributed by atoms with E-state index in [1.54, 1.807) is 0 Å². The third-order valence-electron chi connectivity index (χ3n) is 2.98. The van der Waals surface area contributed by atoms with Crippen LogP contribution in [0.25, 0.3) is 0 Å². The Morgan fingerprint density at radius 2 is 1.79 bits per heavy atom. The Balaban J connectivity index is 2.43. The van der Waals surface area contributed by atoms with Crippen LogP contribution in [-0.4, -0.2) is 36.6 Å². The molecule has 1 rings (SSSR count). The van der Waals surface area contributed by atoms with Crippen molar-refractivity contribution in [3.05, 3.63) is 0 Å². The third kappa shape index (κ3) is 2.71. The maximum atomic E-state index is 11.3. The van der Waals surface area contributed by atoms with Gasteiger partial charge in [0.15, 0.2) is 0 Å². The number of piperidine rings is 1. The fourth-order valence-corrected chi connectivity index (χ4v) is 1.95. The Kier molecular flexibility index (Phi) is 3.53. The van der Waals surface area contributed by atoms with Gasteiger partial charge >= 0.3 is 5.97 Å². The molecule has 3 nitrogen and oxygen atoms in total. The molecule has 0 unspecified atom stereocenters. The number of ether oxygens (including phenoxy) is 1. The molecule has 3 heteroatoms. The minimum Gasteiger partial charge on any atom is -0.469 e. The van der Waals surface area contributed by atoms with Gasteiger partial charge in [0.05, 0.1) is 13.0 Å². The second kappa shape index (κ2) is 4.30. The number of nitrogens with zero attached hydrogens (tertiary/aromatic N) is 1. The average Bonchev–Trinajstić information content (AvgIpc) is 2.15. The van der Waals surface area contributed by atoms with Crippen LogP contribution in [0.3, 0.4) is 0 Å². The van der Waals surface area contributed by atoms with Crippen molar-refractivity contribution in [2.75, 3.05) is 20.2 Å². The molecule has 0 aromatic carbocycles. The molecule has 0 atom stereocenters. The average molecular weight is 199 g/mol. The minimum absolute atomic E-state index is 0.0430. The maximum Gasteiger partial charge on any atom is 0.308 e. The van der Waals surface area contributed by atoms with Gasteiger partial charge in [-0.25, -0.2) is 0 Å². The van der Waals surface area contributed by atoms with E-state index >= 15 is 0 Å². The summed E-state index contributed by atoms with van der Waals surface area (Å²) >= 11 is 0. The molecule has 1 fully saturated rings. The first-order valence-electron chi connectivity index (χ1n) is 5.28.